The predicted molar refractivity (Wildman–Crippen MR) is 59.3 cm³/mol. The minimum Gasteiger partial charge on any atom is -0.399 e. The molecule has 0 radical (unpaired) electrons. The van der Waals surface area contributed by atoms with E-state index in [9.17, 15) is 0 Å². The third kappa shape index (κ3) is 1.54. The van der Waals surface area contributed by atoms with E-state index in [0.717, 1.165) is 18.1 Å². The summed E-state index contributed by atoms with van der Waals surface area (Å²) in [7, 11) is 0. The second kappa shape index (κ2) is 3.15. The lowest BCUT2D eigenvalue weighted by Gasteiger charge is -2.32. The zero-order valence-corrected chi connectivity index (χ0v) is 8.83. The molecule has 2 rings (SSSR count). The van der Waals surface area contributed by atoms with Crippen molar-refractivity contribution in [1.82, 2.24) is 4.98 Å². The number of hydrogen-bond donors (Lipinski definition) is 1. The van der Waals surface area contributed by atoms with Crippen molar-refractivity contribution in [2.45, 2.75) is 32.2 Å². The Kier molecular flexibility index (Phi) is 2.10. The van der Waals surface area contributed by atoms with Crippen LogP contribution in [0.5, 0.6) is 0 Å². The van der Waals surface area contributed by atoms with Gasteiger partial charge < -0.3 is 10.6 Å². The van der Waals surface area contributed by atoms with Crippen molar-refractivity contribution in [2.75, 3.05) is 17.2 Å². The zero-order valence-electron chi connectivity index (χ0n) is 8.83. The van der Waals surface area contributed by atoms with Crippen LogP contribution in [0, 0.1) is 0 Å². The van der Waals surface area contributed by atoms with Crippen molar-refractivity contribution < 1.29 is 0 Å². The number of pyridine rings is 1. The minimum absolute atomic E-state index is 0.223. The van der Waals surface area contributed by atoms with Gasteiger partial charge in [-0.1, -0.05) is 0 Å². The van der Waals surface area contributed by atoms with Gasteiger partial charge in [0.05, 0.1) is 0 Å². The van der Waals surface area contributed by atoms with E-state index in [2.05, 4.69) is 23.7 Å². The quantitative estimate of drug-likeness (QED) is 0.738. The maximum absolute atomic E-state index is 5.75. The Bertz CT molecular complexity index is 333. The molecule has 1 saturated heterocycles. The molecule has 3 nitrogen and oxygen atoms in total. The predicted octanol–water partition coefficient (Wildman–Crippen LogP) is 2.04. The Morgan fingerprint density at radius 3 is 2.86 bits per heavy atom. The zero-order chi connectivity index (χ0) is 10.2. The fourth-order valence-electron chi connectivity index (χ4n) is 2.11. The molecule has 1 aromatic heterocycles. The number of nitrogens with zero attached hydrogens (tertiary/aromatic N) is 2. The summed E-state index contributed by atoms with van der Waals surface area (Å²) in [4.78, 5) is 6.70. The largest absolute Gasteiger partial charge is 0.399 e. The number of nitrogen functional groups attached to an aromatic ring is 1. The molecule has 2 N–H and O–H groups in total. The molecule has 0 aliphatic carbocycles. The summed E-state index contributed by atoms with van der Waals surface area (Å²) in [6, 6.07) is 3.78. The van der Waals surface area contributed by atoms with Gasteiger partial charge in [-0.05, 0) is 32.8 Å². The summed E-state index contributed by atoms with van der Waals surface area (Å²) < 4.78 is 0. The number of anilines is 2. The van der Waals surface area contributed by atoms with Crippen LogP contribution in [0.2, 0.25) is 0 Å². The van der Waals surface area contributed by atoms with Gasteiger partial charge in [0.1, 0.15) is 5.82 Å². The molecule has 1 aromatic rings. The molecule has 0 aromatic carbocycles. The lowest BCUT2D eigenvalue weighted by Crippen LogP contribution is -2.38. The average molecular weight is 191 g/mol. The Balaban J connectivity index is 2.31. The molecule has 1 fully saturated rings. The van der Waals surface area contributed by atoms with Gasteiger partial charge in [-0.15, -0.1) is 0 Å². The molecule has 2 heterocycles. The van der Waals surface area contributed by atoms with Crippen LogP contribution in [-0.2, 0) is 0 Å². The molecule has 76 valence electrons. The molecule has 0 saturated carbocycles. The normalized spacial score (nSPS) is 20.0. The molecular formula is C11H17N3. The Morgan fingerprint density at radius 2 is 2.29 bits per heavy atom. The van der Waals surface area contributed by atoms with Crippen LogP contribution in [-0.4, -0.2) is 17.1 Å². The van der Waals surface area contributed by atoms with Gasteiger partial charge >= 0.3 is 0 Å². The lowest BCUT2D eigenvalue weighted by molar-refractivity contribution is 0.514. The smallest absolute Gasteiger partial charge is 0.130 e. The van der Waals surface area contributed by atoms with Crippen LogP contribution in [0.15, 0.2) is 18.3 Å². The van der Waals surface area contributed by atoms with E-state index >= 15 is 0 Å². The van der Waals surface area contributed by atoms with E-state index < -0.39 is 0 Å². The summed E-state index contributed by atoms with van der Waals surface area (Å²) in [5, 5.41) is 0. The Morgan fingerprint density at radius 1 is 1.50 bits per heavy atom. The van der Waals surface area contributed by atoms with Gasteiger partial charge in [-0.3, -0.25) is 0 Å². The van der Waals surface area contributed by atoms with Crippen molar-refractivity contribution in [3.05, 3.63) is 18.3 Å². The summed E-state index contributed by atoms with van der Waals surface area (Å²) in [5.41, 5.74) is 6.76. The molecule has 0 atom stereocenters. The number of aromatic nitrogens is 1. The third-order valence-corrected chi connectivity index (χ3v) is 2.95. The van der Waals surface area contributed by atoms with Crippen molar-refractivity contribution in [2.24, 2.45) is 0 Å². The van der Waals surface area contributed by atoms with Crippen molar-refractivity contribution in [3.63, 3.8) is 0 Å². The van der Waals surface area contributed by atoms with Crippen LogP contribution in [0.25, 0.3) is 0 Å². The minimum atomic E-state index is 0.223. The highest BCUT2D eigenvalue weighted by molar-refractivity contribution is 5.52. The third-order valence-electron chi connectivity index (χ3n) is 2.95. The van der Waals surface area contributed by atoms with E-state index in [4.69, 9.17) is 5.73 Å². The molecular weight excluding hydrogens is 174 g/mol. The molecule has 0 unspecified atom stereocenters. The van der Waals surface area contributed by atoms with Gasteiger partial charge in [0.2, 0.25) is 0 Å². The highest BCUT2D eigenvalue weighted by Crippen LogP contribution is 2.32. The van der Waals surface area contributed by atoms with Gasteiger partial charge in [0.25, 0.3) is 0 Å². The first kappa shape index (κ1) is 9.31. The number of nitrogens with two attached hydrogens (primary N) is 1. The fourth-order valence-corrected chi connectivity index (χ4v) is 2.11. The monoisotopic (exact) mass is 191 g/mol. The highest BCUT2D eigenvalue weighted by Gasteiger charge is 2.32. The molecule has 3 heteroatoms. The standard InChI is InChI=1S/C11H17N3/c1-11(2)5-3-7-14(11)10-8-9(12)4-6-13-10/h4,6,8H,3,5,7H2,1-2H3,(H2,12,13). The first-order valence-corrected chi connectivity index (χ1v) is 5.09. The summed E-state index contributed by atoms with van der Waals surface area (Å²) in [6.45, 7) is 5.60. The van der Waals surface area contributed by atoms with E-state index in [1.54, 1.807) is 6.20 Å². The molecule has 1 aliphatic rings. The Labute approximate surface area is 84.9 Å². The van der Waals surface area contributed by atoms with E-state index in [1.807, 2.05) is 12.1 Å². The second-order valence-corrected chi connectivity index (χ2v) is 4.51. The number of rotatable bonds is 1. The fraction of sp³-hybridized carbons (Fsp3) is 0.545. The highest BCUT2D eigenvalue weighted by atomic mass is 15.3. The van der Waals surface area contributed by atoms with E-state index in [0.29, 0.717) is 0 Å². The van der Waals surface area contributed by atoms with Crippen molar-refractivity contribution in [1.29, 1.82) is 0 Å². The molecule has 1 aliphatic heterocycles. The molecule has 0 amide bonds. The first-order chi connectivity index (χ1) is 6.59. The Hall–Kier alpha value is -1.25. The lowest BCUT2D eigenvalue weighted by atomic mass is 10.0. The number of hydrogen-bond acceptors (Lipinski definition) is 3. The molecule has 0 bridgehead atoms. The van der Waals surface area contributed by atoms with Gasteiger partial charge in [-0.2, -0.15) is 0 Å². The topological polar surface area (TPSA) is 42.1 Å². The average Bonchev–Trinajstić information content (AvgIpc) is 2.45. The first-order valence-electron chi connectivity index (χ1n) is 5.09. The van der Waals surface area contributed by atoms with E-state index in [1.165, 1.54) is 12.8 Å². The summed E-state index contributed by atoms with van der Waals surface area (Å²) in [5.74, 6) is 1.01. The summed E-state index contributed by atoms with van der Waals surface area (Å²) >= 11 is 0. The van der Waals surface area contributed by atoms with E-state index in [-0.39, 0.29) is 5.54 Å². The van der Waals surface area contributed by atoms with Crippen LogP contribution < -0.4 is 10.6 Å². The molecule has 0 spiro atoms. The van der Waals surface area contributed by atoms with Crippen LogP contribution in [0.3, 0.4) is 0 Å². The second-order valence-electron chi connectivity index (χ2n) is 4.51. The maximum atomic E-state index is 5.75. The SMILES string of the molecule is CC1(C)CCCN1c1cc(N)ccn1. The van der Waals surface area contributed by atoms with Gasteiger partial charge in [-0.25, -0.2) is 4.98 Å². The van der Waals surface area contributed by atoms with Crippen LogP contribution >= 0.6 is 0 Å². The van der Waals surface area contributed by atoms with Gasteiger partial charge in [0.15, 0.2) is 0 Å². The van der Waals surface area contributed by atoms with Gasteiger partial charge in [0, 0.05) is 30.0 Å². The molecule has 14 heavy (non-hydrogen) atoms. The van der Waals surface area contributed by atoms with Crippen molar-refractivity contribution in [3.8, 4) is 0 Å². The maximum Gasteiger partial charge on any atom is 0.130 e. The summed E-state index contributed by atoms with van der Waals surface area (Å²) in [6.07, 6.45) is 4.24. The van der Waals surface area contributed by atoms with Crippen molar-refractivity contribution >= 4 is 11.5 Å². The van der Waals surface area contributed by atoms with Crippen LogP contribution in [0.4, 0.5) is 11.5 Å². The van der Waals surface area contributed by atoms with Crippen LogP contribution in [0.1, 0.15) is 26.7 Å².